The second-order valence-corrected chi connectivity index (χ2v) is 10.9. The van der Waals surface area contributed by atoms with Gasteiger partial charge in [0.2, 0.25) is 11.8 Å². The number of anilines is 1. The molecular formula is C27H23ClIN3O4S. The van der Waals surface area contributed by atoms with Crippen LogP contribution >= 0.6 is 46.0 Å². The molecule has 1 atom stereocenters. The first-order valence-corrected chi connectivity index (χ1v) is 13.8. The Balaban J connectivity index is 1.59. The summed E-state index contributed by atoms with van der Waals surface area (Å²) < 4.78 is 6.09. The Morgan fingerprint density at radius 1 is 1.08 bits per heavy atom. The molecule has 3 aromatic carbocycles. The summed E-state index contributed by atoms with van der Waals surface area (Å²) in [6, 6.07) is 21.3. The van der Waals surface area contributed by atoms with Gasteiger partial charge in [0.25, 0.3) is 0 Å². The zero-order valence-corrected chi connectivity index (χ0v) is 23.5. The number of aliphatic imine (C=N–C) groups is 1. The third-order valence-corrected chi connectivity index (χ3v) is 7.56. The number of esters is 1. The highest BCUT2D eigenvalue weighted by Gasteiger charge is 2.36. The number of halogens is 2. The number of nitrogens with one attached hydrogen (secondary N) is 1. The predicted molar refractivity (Wildman–Crippen MR) is 155 cm³/mol. The van der Waals surface area contributed by atoms with E-state index in [1.165, 1.54) is 11.8 Å². The number of hydrogen-bond donors (Lipinski definition) is 1. The van der Waals surface area contributed by atoms with E-state index in [0.717, 1.165) is 9.13 Å². The number of carbonyl (C=O) groups is 3. The third kappa shape index (κ3) is 7.33. The summed E-state index contributed by atoms with van der Waals surface area (Å²) in [5.74, 6) is -0.893. The Morgan fingerprint density at radius 2 is 1.76 bits per heavy atom. The maximum atomic E-state index is 13.3. The summed E-state index contributed by atoms with van der Waals surface area (Å²) in [4.78, 5) is 44.6. The first-order valence-electron chi connectivity index (χ1n) is 11.5. The number of amides is 2. The van der Waals surface area contributed by atoms with E-state index in [1.54, 1.807) is 48.2 Å². The Bertz CT molecular complexity index is 1310. The molecule has 37 heavy (non-hydrogen) atoms. The Labute approximate surface area is 237 Å². The average molecular weight is 648 g/mol. The van der Waals surface area contributed by atoms with Crippen molar-refractivity contribution in [1.82, 2.24) is 4.90 Å². The van der Waals surface area contributed by atoms with Gasteiger partial charge in [-0.15, -0.1) is 0 Å². The van der Waals surface area contributed by atoms with E-state index < -0.39 is 11.2 Å². The third-order valence-electron chi connectivity index (χ3n) is 5.40. The minimum atomic E-state index is -0.647. The van der Waals surface area contributed by atoms with E-state index in [1.807, 2.05) is 36.4 Å². The first kappa shape index (κ1) is 27.2. The average Bonchev–Trinajstić information content (AvgIpc) is 2.89. The highest BCUT2D eigenvalue weighted by atomic mass is 127. The maximum absolute atomic E-state index is 13.3. The van der Waals surface area contributed by atoms with Crippen LogP contribution in [-0.4, -0.2) is 39.7 Å². The highest BCUT2D eigenvalue weighted by molar-refractivity contribution is 14.1. The monoisotopic (exact) mass is 647 g/mol. The van der Waals surface area contributed by atoms with Crippen LogP contribution in [-0.2, 0) is 20.9 Å². The van der Waals surface area contributed by atoms with Crippen LogP contribution in [0, 0.1) is 3.57 Å². The molecule has 10 heteroatoms. The van der Waals surface area contributed by atoms with Crippen molar-refractivity contribution in [2.24, 2.45) is 4.99 Å². The van der Waals surface area contributed by atoms with Crippen molar-refractivity contribution in [2.45, 2.75) is 25.1 Å². The molecule has 0 aliphatic carbocycles. The summed E-state index contributed by atoms with van der Waals surface area (Å²) >= 11 is 9.45. The highest BCUT2D eigenvalue weighted by Crippen LogP contribution is 2.31. The Hall–Kier alpha value is -2.89. The number of thioether (sulfide) groups is 1. The molecule has 0 spiro atoms. The van der Waals surface area contributed by atoms with E-state index >= 15 is 0 Å². The smallest absolute Gasteiger partial charge is 0.338 e. The molecule has 1 heterocycles. The molecule has 0 bridgehead atoms. The number of amidine groups is 1. The molecule has 0 saturated carbocycles. The second-order valence-electron chi connectivity index (χ2n) is 8.07. The molecule has 190 valence electrons. The molecule has 3 aromatic rings. The van der Waals surface area contributed by atoms with Gasteiger partial charge >= 0.3 is 5.97 Å². The molecule has 2 amide bonds. The van der Waals surface area contributed by atoms with Gasteiger partial charge in [-0.2, -0.15) is 0 Å². The molecule has 4 rings (SSSR count). The summed E-state index contributed by atoms with van der Waals surface area (Å²) in [7, 11) is 0. The number of rotatable bonds is 7. The van der Waals surface area contributed by atoms with Crippen molar-refractivity contribution in [3.8, 4) is 0 Å². The van der Waals surface area contributed by atoms with E-state index in [0.29, 0.717) is 27.1 Å². The second kappa shape index (κ2) is 12.6. The lowest BCUT2D eigenvalue weighted by Gasteiger charge is -2.32. The van der Waals surface area contributed by atoms with Crippen molar-refractivity contribution in [1.29, 1.82) is 0 Å². The van der Waals surface area contributed by atoms with Gasteiger partial charge in [0.15, 0.2) is 5.17 Å². The normalized spacial score (nSPS) is 16.5. The van der Waals surface area contributed by atoms with Crippen molar-refractivity contribution < 1.29 is 19.1 Å². The lowest BCUT2D eigenvalue weighted by molar-refractivity contribution is -0.129. The predicted octanol–water partition coefficient (Wildman–Crippen LogP) is 6.28. The number of nitrogens with zero attached hydrogens (tertiary/aromatic N) is 2. The van der Waals surface area contributed by atoms with Gasteiger partial charge in [-0.1, -0.05) is 35.5 Å². The van der Waals surface area contributed by atoms with E-state index in [-0.39, 0.29) is 31.4 Å². The van der Waals surface area contributed by atoms with Gasteiger partial charge in [0.1, 0.15) is 5.25 Å². The Kier molecular flexibility index (Phi) is 9.23. The fourth-order valence-corrected chi connectivity index (χ4v) is 5.11. The lowest BCUT2D eigenvalue weighted by atomic mass is 10.2. The van der Waals surface area contributed by atoms with Crippen molar-refractivity contribution >= 4 is 80.3 Å². The van der Waals surface area contributed by atoms with Gasteiger partial charge in [-0.3, -0.25) is 14.5 Å². The zero-order valence-electron chi connectivity index (χ0n) is 19.8. The van der Waals surface area contributed by atoms with Gasteiger partial charge in [0.05, 0.1) is 24.4 Å². The molecular weight excluding hydrogens is 625 g/mol. The SMILES string of the molecule is CCOC(=O)c1ccc(N=C2SC(C(=O)Nc3ccc(I)cc3)CC(=O)N2Cc2ccc(Cl)cc2)cc1. The number of carbonyl (C=O) groups excluding carboxylic acids is 3. The van der Waals surface area contributed by atoms with E-state index in [9.17, 15) is 14.4 Å². The van der Waals surface area contributed by atoms with Crippen molar-refractivity contribution in [3.63, 3.8) is 0 Å². The molecule has 1 unspecified atom stereocenters. The van der Waals surface area contributed by atoms with Crippen LogP contribution in [0.3, 0.4) is 0 Å². The summed E-state index contributed by atoms with van der Waals surface area (Å²) in [6.07, 6.45) is 0.0370. The van der Waals surface area contributed by atoms with Crippen LogP contribution in [0.5, 0.6) is 0 Å². The van der Waals surface area contributed by atoms with Crippen molar-refractivity contribution in [3.05, 3.63) is 92.5 Å². The van der Waals surface area contributed by atoms with E-state index in [4.69, 9.17) is 16.3 Å². The topological polar surface area (TPSA) is 88.1 Å². The van der Waals surface area contributed by atoms with Crippen LogP contribution in [0.15, 0.2) is 77.8 Å². The largest absolute Gasteiger partial charge is 0.462 e. The summed E-state index contributed by atoms with van der Waals surface area (Å²) in [5.41, 5.74) is 2.50. The molecule has 7 nitrogen and oxygen atoms in total. The fourth-order valence-electron chi connectivity index (χ4n) is 3.52. The Morgan fingerprint density at radius 3 is 2.41 bits per heavy atom. The van der Waals surface area contributed by atoms with Gasteiger partial charge in [-0.05, 0) is 95.7 Å². The van der Waals surface area contributed by atoms with Gasteiger partial charge < -0.3 is 10.1 Å². The van der Waals surface area contributed by atoms with Crippen LogP contribution in [0.2, 0.25) is 5.02 Å². The molecule has 1 N–H and O–H groups in total. The first-order chi connectivity index (χ1) is 17.8. The van der Waals surface area contributed by atoms with Crippen LogP contribution in [0.25, 0.3) is 0 Å². The zero-order chi connectivity index (χ0) is 26.4. The molecule has 1 aliphatic heterocycles. The fraction of sp³-hybridized carbons (Fsp3) is 0.185. The number of benzene rings is 3. The summed E-state index contributed by atoms with van der Waals surface area (Å²) in [5, 5.41) is 3.25. The van der Waals surface area contributed by atoms with Gasteiger partial charge in [0, 0.05) is 20.7 Å². The maximum Gasteiger partial charge on any atom is 0.338 e. The molecule has 0 radical (unpaired) electrons. The van der Waals surface area contributed by atoms with E-state index in [2.05, 4.69) is 32.9 Å². The van der Waals surface area contributed by atoms with Crippen LogP contribution in [0.4, 0.5) is 11.4 Å². The number of hydrogen-bond acceptors (Lipinski definition) is 6. The number of ether oxygens (including phenoxy) is 1. The molecule has 0 aromatic heterocycles. The minimum Gasteiger partial charge on any atom is -0.462 e. The summed E-state index contributed by atoms with van der Waals surface area (Å²) in [6.45, 7) is 2.32. The van der Waals surface area contributed by atoms with Crippen LogP contribution < -0.4 is 5.32 Å². The van der Waals surface area contributed by atoms with Gasteiger partial charge in [-0.25, -0.2) is 9.79 Å². The van der Waals surface area contributed by atoms with Crippen molar-refractivity contribution in [2.75, 3.05) is 11.9 Å². The molecule has 1 saturated heterocycles. The standard InChI is InChI=1S/C27H23ClIN3O4S/c1-2-36-26(35)18-5-11-22(12-6-18)31-27-32(16-17-3-7-19(28)8-4-17)24(33)15-23(37-27)25(34)30-21-13-9-20(29)10-14-21/h3-14,23H,2,15-16H2,1H3,(H,30,34). The molecule has 1 aliphatic rings. The molecule has 1 fully saturated rings. The van der Waals surface area contributed by atoms with Crippen LogP contribution in [0.1, 0.15) is 29.3 Å². The quantitative estimate of drug-likeness (QED) is 0.241. The lowest BCUT2D eigenvalue weighted by Crippen LogP contribution is -2.44. The minimum absolute atomic E-state index is 0.0370.